The van der Waals surface area contributed by atoms with Crippen LogP contribution in [-0.2, 0) is 22.6 Å². The summed E-state index contributed by atoms with van der Waals surface area (Å²) < 4.78 is 7.81. The Balaban J connectivity index is 1.33. The van der Waals surface area contributed by atoms with Crippen LogP contribution in [0.25, 0.3) is 11.0 Å². The fourth-order valence-electron chi connectivity index (χ4n) is 5.66. The molecular weight excluding hydrogens is 464 g/mol. The van der Waals surface area contributed by atoms with E-state index in [1.165, 1.54) is 5.56 Å². The predicted molar refractivity (Wildman–Crippen MR) is 144 cm³/mol. The van der Waals surface area contributed by atoms with Gasteiger partial charge in [0, 0.05) is 31.1 Å². The maximum absolute atomic E-state index is 13.7. The third-order valence-corrected chi connectivity index (χ3v) is 7.33. The van der Waals surface area contributed by atoms with Gasteiger partial charge in [-0.25, -0.2) is 4.98 Å². The molecule has 2 amide bonds. The predicted octanol–water partition coefficient (Wildman–Crippen LogP) is 4.93. The van der Waals surface area contributed by atoms with Crippen LogP contribution in [-0.4, -0.2) is 41.1 Å². The molecule has 37 heavy (non-hydrogen) atoms. The van der Waals surface area contributed by atoms with Gasteiger partial charge in [-0.2, -0.15) is 0 Å². The minimum absolute atomic E-state index is 0.0343. The molecule has 1 aromatic heterocycles. The maximum atomic E-state index is 13.7. The molecule has 4 aromatic rings. The third kappa shape index (κ3) is 4.24. The molecular formula is C30H30N4O3. The van der Waals surface area contributed by atoms with Gasteiger partial charge >= 0.3 is 0 Å². The zero-order valence-corrected chi connectivity index (χ0v) is 21.0. The summed E-state index contributed by atoms with van der Waals surface area (Å²) in [6.45, 7) is 3.85. The highest BCUT2D eigenvalue weighted by Crippen LogP contribution is 2.37. The number of ether oxygens (including phenoxy) is 1. The number of aromatic nitrogens is 2. The van der Waals surface area contributed by atoms with Crippen molar-refractivity contribution in [3.8, 4) is 5.75 Å². The van der Waals surface area contributed by atoms with Gasteiger partial charge in [-0.05, 0) is 55.7 Å². The molecule has 7 heteroatoms. The number of benzene rings is 3. The summed E-state index contributed by atoms with van der Waals surface area (Å²) in [6, 6.07) is 23.7. The number of nitrogens with zero attached hydrogens (tertiary/aromatic N) is 4. The Morgan fingerprint density at radius 2 is 1.76 bits per heavy atom. The van der Waals surface area contributed by atoms with Crippen molar-refractivity contribution < 1.29 is 14.3 Å². The van der Waals surface area contributed by atoms with Gasteiger partial charge < -0.3 is 19.1 Å². The number of anilines is 2. The van der Waals surface area contributed by atoms with Crippen molar-refractivity contribution in [1.82, 2.24) is 9.55 Å². The van der Waals surface area contributed by atoms with E-state index in [4.69, 9.17) is 9.72 Å². The van der Waals surface area contributed by atoms with Crippen LogP contribution in [0.3, 0.4) is 0 Å². The van der Waals surface area contributed by atoms with Crippen molar-refractivity contribution in [1.29, 1.82) is 0 Å². The summed E-state index contributed by atoms with van der Waals surface area (Å²) in [4.78, 5) is 35.5. The van der Waals surface area contributed by atoms with E-state index in [1.54, 1.807) is 4.90 Å². The monoisotopic (exact) mass is 494 g/mol. The zero-order chi connectivity index (χ0) is 25.4. The Kier molecular flexibility index (Phi) is 6.12. The van der Waals surface area contributed by atoms with Crippen LogP contribution in [0.4, 0.5) is 11.4 Å². The summed E-state index contributed by atoms with van der Waals surface area (Å²) >= 11 is 0. The molecule has 0 aliphatic carbocycles. The molecule has 0 radical (unpaired) electrons. The van der Waals surface area contributed by atoms with Gasteiger partial charge in [-0.1, -0.05) is 42.5 Å². The van der Waals surface area contributed by atoms with Crippen LogP contribution in [0.15, 0.2) is 72.8 Å². The number of fused-ring (bicyclic) bond motifs is 2. The van der Waals surface area contributed by atoms with Gasteiger partial charge in [-0.3, -0.25) is 9.59 Å². The number of carbonyl (C=O) groups excluding carboxylic acids is 2. The van der Waals surface area contributed by atoms with Crippen molar-refractivity contribution in [2.75, 3.05) is 29.5 Å². The molecule has 7 nitrogen and oxygen atoms in total. The van der Waals surface area contributed by atoms with Gasteiger partial charge in [0.25, 0.3) is 0 Å². The highest BCUT2D eigenvalue weighted by atomic mass is 16.5. The summed E-state index contributed by atoms with van der Waals surface area (Å²) in [7, 11) is 0. The molecule has 0 spiro atoms. The first-order chi connectivity index (χ1) is 18.1. The molecule has 3 heterocycles. The number of imidazole rings is 1. The second-order valence-corrected chi connectivity index (χ2v) is 9.63. The number of aryl methyl sites for hydroxylation is 1. The molecule has 0 bridgehead atoms. The van der Waals surface area contributed by atoms with E-state index >= 15 is 0 Å². The molecule has 1 unspecified atom stereocenters. The lowest BCUT2D eigenvalue weighted by molar-refractivity contribution is -0.119. The average molecular weight is 495 g/mol. The average Bonchev–Trinajstić information content (AvgIpc) is 3.49. The molecule has 2 aliphatic heterocycles. The SMILES string of the molecule is CCOc1ccccc1N1CC(c2nc3ccccc3n2CC(=O)N2CCCc3ccccc32)CC1=O. The second kappa shape index (κ2) is 9.73. The van der Waals surface area contributed by atoms with Gasteiger partial charge in [0.2, 0.25) is 11.8 Å². The lowest BCUT2D eigenvalue weighted by Gasteiger charge is -2.30. The van der Waals surface area contributed by atoms with E-state index in [0.29, 0.717) is 31.9 Å². The standard InChI is InChI=1S/C30H30N4O3/c1-2-37-27-16-8-7-15-26(27)33-19-22(18-28(33)35)30-31-23-12-4-6-14-25(23)34(30)20-29(36)32-17-9-11-21-10-3-5-13-24(21)32/h3-8,10,12-16,22H,2,9,11,17-20H2,1H3. The van der Waals surface area contributed by atoms with Gasteiger partial charge in [0.1, 0.15) is 18.1 Å². The largest absolute Gasteiger partial charge is 0.492 e. The number of amides is 2. The van der Waals surface area contributed by atoms with Crippen LogP contribution >= 0.6 is 0 Å². The molecule has 0 N–H and O–H groups in total. The normalized spacial score (nSPS) is 17.3. The van der Waals surface area contributed by atoms with Crippen LogP contribution in [0.1, 0.15) is 37.1 Å². The van der Waals surface area contributed by atoms with E-state index in [9.17, 15) is 9.59 Å². The van der Waals surface area contributed by atoms with E-state index in [-0.39, 0.29) is 24.3 Å². The fraction of sp³-hybridized carbons (Fsp3) is 0.300. The molecule has 1 atom stereocenters. The Bertz CT molecular complexity index is 1480. The van der Waals surface area contributed by atoms with E-state index in [1.807, 2.05) is 83.1 Å². The van der Waals surface area contributed by atoms with Gasteiger partial charge in [-0.15, -0.1) is 0 Å². The first-order valence-electron chi connectivity index (χ1n) is 13.0. The van der Waals surface area contributed by atoms with Gasteiger partial charge in [0.05, 0.1) is 23.3 Å². The van der Waals surface area contributed by atoms with Crippen LogP contribution in [0.2, 0.25) is 0 Å². The Morgan fingerprint density at radius 3 is 2.62 bits per heavy atom. The summed E-state index contributed by atoms with van der Waals surface area (Å²) in [6.07, 6.45) is 2.28. The number of carbonyl (C=O) groups is 2. The molecule has 2 aliphatic rings. The minimum atomic E-state index is -0.129. The fourth-order valence-corrected chi connectivity index (χ4v) is 5.66. The Hall–Kier alpha value is -4.13. The molecule has 6 rings (SSSR count). The molecule has 188 valence electrons. The van der Waals surface area contributed by atoms with E-state index in [0.717, 1.165) is 41.1 Å². The number of rotatable bonds is 6. The maximum Gasteiger partial charge on any atom is 0.246 e. The van der Waals surface area contributed by atoms with Crippen LogP contribution < -0.4 is 14.5 Å². The van der Waals surface area contributed by atoms with E-state index in [2.05, 4.69) is 6.07 Å². The number of hydrogen-bond acceptors (Lipinski definition) is 4. The first kappa shape index (κ1) is 23.3. The van der Waals surface area contributed by atoms with Crippen molar-refractivity contribution in [3.63, 3.8) is 0 Å². The summed E-state index contributed by atoms with van der Waals surface area (Å²) in [5.74, 6) is 1.43. The van der Waals surface area contributed by atoms with Crippen LogP contribution in [0, 0.1) is 0 Å². The zero-order valence-electron chi connectivity index (χ0n) is 21.0. The van der Waals surface area contributed by atoms with E-state index < -0.39 is 0 Å². The minimum Gasteiger partial charge on any atom is -0.492 e. The molecule has 3 aromatic carbocycles. The second-order valence-electron chi connectivity index (χ2n) is 9.63. The summed E-state index contributed by atoms with van der Waals surface area (Å²) in [5.41, 5.74) is 4.74. The number of hydrogen-bond donors (Lipinski definition) is 0. The Morgan fingerprint density at radius 1 is 1.00 bits per heavy atom. The van der Waals surface area contributed by atoms with Crippen molar-refractivity contribution in [3.05, 3.63) is 84.2 Å². The molecule has 1 saturated heterocycles. The van der Waals surface area contributed by atoms with Crippen LogP contribution in [0.5, 0.6) is 5.75 Å². The van der Waals surface area contributed by atoms with Crippen molar-refractivity contribution in [2.24, 2.45) is 0 Å². The smallest absolute Gasteiger partial charge is 0.246 e. The topological polar surface area (TPSA) is 67.7 Å². The Labute approximate surface area is 216 Å². The quantitative estimate of drug-likeness (QED) is 0.381. The van der Waals surface area contributed by atoms with Crippen molar-refractivity contribution >= 4 is 34.2 Å². The highest BCUT2D eigenvalue weighted by Gasteiger charge is 2.36. The van der Waals surface area contributed by atoms with Crippen molar-refractivity contribution in [2.45, 2.75) is 38.6 Å². The highest BCUT2D eigenvalue weighted by molar-refractivity contribution is 5.98. The first-order valence-corrected chi connectivity index (χ1v) is 13.0. The van der Waals surface area contributed by atoms with Gasteiger partial charge in [0.15, 0.2) is 0 Å². The lowest BCUT2D eigenvalue weighted by Crippen LogP contribution is -2.38. The third-order valence-electron chi connectivity index (χ3n) is 7.33. The lowest BCUT2D eigenvalue weighted by atomic mass is 10.0. The molecule has 1 fully saturated rings. The summed E-state index contributed by atoms with van der Waals surface area (Å²) in [5, 5.41) is 0. The molecule has 0 saturated carbocycles. The number of para-hydroxylation sites is 5.